The molecule has 29 heavy (non-hydrogen) atoms. The van der Waals surface area contributed by atoms with Crippen LogP contribution in [0.2, 0.25) is 0 Å². The zero-order valence-electron chi connectivity index (χ0n) is 16.9. The summed E-state index contributed by atoms with van der Waals surface area (Å²) in [6.45, 7) is 5.07. The molecule has 1 unspecified atom stereocenters. The molecule has 1 aromatic heterocycles. The van der Waals surface area contributed by atoms with E-state index in [1.165, 1.54) is 21.1 Å². The van der Waals surface area contributed by atoms with E-state index < -0.39 is 17.5 Å². The van der Waals surface area contributed by atoms with Crippen molar-refractivity contribution in [2.24, 2.45) is 0 Å². The van der Waals surface area contributed by atoms with Gasteiger partial charge in [0.1, 0.15) is 5.58 Å². The monoisotopic (exact) mass is 398 g/mol. The van der Waals surface area contributed by atoms with Crippen LogP contribution in [-0.2, 0) is 4.79 Å². The quantitative estimate of drug-likeness (QED) is 0.672. The number of hydrogen-bond acceptors (Lipinski definition) is 6. The molecule has 0 radical (unpaired) electrons. The van der Waals surface area contributed by atoms with E-state index in [9.17, 15) is 14.7 Å². The van der Waals surface area contributed by atoms with Crippen molar-refractivity contribution in [1.82, 2.24) is 0 Å². The summed E-state index contributed by atoms with van der Waals surface area (Å²) >= 11 is 0. The van der Waals surface area contributed by atoms with Crippen LogP contribution < -0.4 is 19.6 Å². The van der Waals surface area contributed by atoms with Crippen molar-refractivity contribution in [2.75, 3.05) is 14.2 Å². The molecule has 1 heterocycles. The highest BCUT2D eigenvalue weighted by Crippen LogP contribution is 2.37. The molecule has 7 heteroatoms. The van der Waals surface area contributed by atoms with Gasteiger partial charge in [-0.15, -0.1) is 0 Å². The minimum Gasteiger partial charge on any atom is -0.493 e. The van der Waals surface area contributed by atoms with E-state index in [0.717, 1.165) is 11.1 Å². The highest BCUT2D eigenvalue weighted by atomic mass is 16.5. The zero-order valence-corrected chi connectivity index (χ0v) is 16.9. The summed E-state index contributed by atoms with van der Waals surface area (Å²) in [6, 6.07) is 8.61. The van der Waals surface area contributed by atoms with Gasteiger partial charge in [0.15, 0.2) is 23.4 Å². The number of ether oxygens (including phenoxy) is 3. The van der Waals surface area contributed by atoms with Crippen LogP contribution in [0.4, 0.5) is 0 Å². The number of aliphatic carboxylic acids is 1. The van der Waals surface area contributed by atoms with E-state index in [2.05, 4.69) is 0 Å². The summed E-state index contributed by atoms with van der Waals surface area (Å²) in [5.74, 6) is -0.283. The van der Waals surface area contributed by atoms with Crippen LogP contribution in [0.1, 0.15) is 18.1 Å². The Morgan fingerprint density at radius 2 is 1.76 bits per heavy atom. The molecule has 1 N–H and O–H groups in total. The minimum atomic E-state index is -1.24. The van der Waals surface area contributed by atoms with Crippen molar-refractivity contribution >= 4 is 16.9 Å². The fraction of sp³-hybridized carbons (Fsp3) is 0.273. The highest BCUT2D eigenvalue weighted by Gasteiger charge is 2.24. The summed E-state index contributed by atoms with van der Waals surface area (Å²) in [7, 11) is 3.01. The Bertz CT molecular complexity index is 1140. The number of benzene rings is 2. The lowest BCUT2D eigenvalue weighted by atomic mass is 10.0. The molecular formula is C22H22O7. The molecule has 152 valence electrons. The summed E-state index contributed by atoms with van der Waals surface area (Å²) in [5, 5.41) is 9.59. The lowest BCUT2D eigenvalue weighted by molar-refractivity contribution is -0.144. The smallest absolute Gasteiger partial charge is 0.344 e. The second kappa shape index (κ2) is 7.87. The number of carboxylic acid groups (broad SMARTS) is 1. The largest absolute Gasteiger partial charge is 0.493 e. The average Bonchev–Trinajstić information content (AvgIpc) is 2.69. The Kier molecular flexibility index (Phi) is 5.50. The van der Waals surface area contributed by atoms with Crippen molar-refractivity contribution in [1.29, 1.82) is 0 Å². The van der Waals surface area contributed by atoms with Crippen LogP contribution in [0, 0.1) is 13.8 Å². The standard InChI is InChI=1S/C22H22O7/c1-11-8-12(2)19-15(9-11)18(23)21(28-13(3)22(24)25)20(29-19)14-6-7-16(26-4)17(10-14)27-5/h6-10,13H,1-5H3,(H,24,25). The predicted octanol–water partition coefficient (Wildman–Crippen LogP) is 3.95. The van der Waals surface area contributed by atoms with Crippen molar-refractivity contribution in [3.63, 3.8) is 0 Å². The van der Waals surface area contributed by atoms with E-state index in [4.69, 9.17) is 18.6 Å². The van der Waals surface area contributed by atoms with Gasteiger partial charge in [-0.05, 0) is 56.2 Å². The van der Waals surface area contributed by atoms with Crippen LogP contribution in [0.25, 0.3) is 22.3 Å². The first kappa shape index (κ1) is 20.3. The third-order valence-corrected chi connectivity index (χ3v) is 4.57. The Labute approximate surface area is 167 Å². The average molecular weight is 398 g/mol. The molecule has 3 rings (SSSR count). The van der Waals surface area contributed by atoms with Crippen molar-refractivity contribution in [3.8, 4) is 28.6 Å². The number of rotatable bonds is 6. The predicted molar refractivity (Wildman–Crippen MR) is 108 cm³/mol. The van der Waals surface area contributed by atoms with Crippen molar-refractivity contribution in [2.45, 2.75) is 26.9 Å². The van der Waals surface area contributed by atoms with Crippen LogP contribution in [-0.4, -0.2) is 31.4 Å². The SMILES string of the molecule is COc1ccc(-c2oc3c(C)cc(C)cc3c(=O)c2OC(C)C(=O)O)cc1OC. The Hall–Kier alpha value is -3.48. The second-order valence-electron chi connectivity index (χ2n) is 6.72. The summed E-state index contributed by atoms with van der Waals surface area (Å²) in [5.41, 5.74) is 2.15. The van der Waals surface area contributed by atoms with Gasteiger partial charge in [-0.2, -0.15) is 0 Å². The second-order valence-corrected chi connectivity index (χ2v) is 6.72. The maximum absolute atomic E-state index is 13.2. The highest BCUT2D eigenvalue weighted by molar-refractivity contribution is 5.85. The first-order valence-corrected chi connectivity index (χ1v) is 8.96. The molecule has 0 fully saturated rings. The fourth-order valence-corrected chi connectivity index (χ4v) is 3.13. The number of fused-ring (bicyclic) bond motifs is 1. The number of hydrogen-bond donors (Lipinski definition) is 1. The third kappa shape index (κ3) is 3.76. The van der Waals surface area contributed by atoms with Gasteiger partial charge in [-0.3, -0.25) is 4.79 Å². The van der Waals surface area contributed by atoms with Gasteiger partial charge in [-0.25, -0.2) is 4.79 Å². The van der Waals surface area contributed by atoms with E-state index in [1.54, 1.807) is 24.3 Å². The molecule has 0 aliphatic carbocycles. The normalized spacial score (nSPS) is 11.9. The lowest BCUT2D eigenvalue weighted by Gasteiger charge is -2.16. The Morgan fingerprint density at radius 1 is 1.07 bits per heavy atom. The molecule has 0 saturated heterocycles. The molecule has 0 aliphatic heterocycles. The molecule has 7 nitrogen and oxygen atoms in total. The molecule has 0 spiro atoms. The summed E-state index contributed by atoms with van der Waals surface area (Å²) < 4.78 is 22.2. The van der Waals surface area contributed by atoms with Gasteiger partial charge in [-0.1, -0.05) is 6.07 Å². The maximum atomic E-state index is 13.2. The van der Waals surface area contributed by atoms with Gasteiger partial charge in [0, 0.05) is 5.56 Å². The van der Waals surface area contributed by atoms with Crippen LogP contribution in [0.3, 0.4) is 0 Å². The van der Waals surface area contributed by atoms with Gasteiger partial charge in [0.25, 0.3) is 0 Å². The molecule has 0 saturated carbocycles. The molecule has 0 aliphatic rings. The Morgan fingerprint density at radius 3 is 2.38 bits per heavy atom. The van der Waals surface area contributed by atoms with E-state index in [0.29, 0.717) is 28.0 Å². The molecule has 0 amide bonds. The van der Waals surface area contributed by atoms with Crippen LogP contribution in [0.5, 0.6) is 17.2 Å². The number of carbonyl (C=O) groups is 1. The lowest BCUT2D eigenvalue weighted by Crippen LogP contribution is -2.26. The van der Waals surface area contributed by atoms with Gasteiger partial charge < -0.3 is 23.7 Å². The van der Waals surface area contributed by atoms with Gasteiger partial charge in [0.2, 0.25) is 11.2 Å². The van der Waals surface area contributed by atoms with Crippen molar-refractivity contribution in [3.05, 3.63) is 51.7 Å². The topological polar surface area (TPSA) is 95.2 Å². The van der Waals surface area contributed by atoms with Gasteiger partial charge >= 0.3 is 5.97 Å². The Balaban J connectivity index is 2.34. The maximum Gasteiger partial charge on any atom is 0.344 e. The van der Waals surface area contributed by atoms with E-state index in [-0.39, 0.29) is 11.5 Å². The van der Waals surface area contributed by atoms with Crippen LogP contribution in [0.15, 0.2) is 39.5 Å². The van der Waals surface area contributed by atoms with Gasteiger partial charge in [0.05, 0.1) is 19.6 Å². The molecule has 2 aromatic carbocycles. The molecule has 1 atom stereocenters. The molecule has 3 aromatic rings. The fourth-order valence-electron chi connectivity index (χ4n) is 3.13. The minimum absolute atomic E-state index is 0.128. The van der Waals surface area contributed by atoms with E-state index in [1.807, 2.05) is 19.9 Å². The first-order chi connectivity index (χ1) is 13.8. The molecular weight excluding hydrogens is 376 g/mol. The third-order valence-electron chi connectivity index (χ3n) is 4.57. The summed E-state index contributed by atoms with van der Waals surface area (Å²) in [6.07, 6.45) is -1.24. The molecule has 0 bridgehead atoms. The number of aryl methyl sites for hydroxylation is 2. The van der Waals surface area contributed by atoms with Crippen LogP contribution >= 0.6 is 0 Å². The summed E-state index contributed by atoms with van der Waals surface area (Å²) in [4.78, 5) is 24.6. The first-order valence-electron chi connectivity index (χ1n) is 8.96. The number of methoxy groups -OCH3 is 2. The number of carboxylic acids is 1. The zero-order chi connectivity index (χ0) is 21.3. The van der Waals surface area contributed by atoms with Crippen molar-refractivity contribution < 1.29 is 28.5 Å². The van der Waals surface area contributed by atoms with E-state index >= 15 is 0 Å².